The number of methoxy groups -OCH3 is 1. The molecule has 1 N–H and O–H groups in total. The zero-order valence-corrected chi connectivity index (χ0v) is 11.4. The van der Waals surface area contributed by atoms with Gasteiger partial charge in [-0.05, 0) is 30.5 Å². The molecule has 2 aliphatic rings. The highest BCUT2D eigenvalue weighted by molar-refractivity contribution is 5.44. The van der Waals surface area contributed by atoms with E-state index in [0.29, 0.717) is 18.9 Å². The number of nitrogens with one attached hydrogen (secondary N) is 1. The van der Waals surface area contributed by atoms with Crippen LogP contribution in [0.1, 0.15) is 31.2 Å². The molecule has 1 saturated carbocycles. The number of hydrogen-bond acceptors (Lipinski definition) is 4. The van der Waals surface area contributed by atoms with Crippen molar-refractivity contribution in [2.75, 3.05) is 13.9 Å². The molecule has 1 aliphatic carbocycles. The first-order valence-electron chi connectivity index (χ1n) is 7.01. The summed E-state index contributed by atoms with van der Waals surface area (Å²) in [5.41, 5.74) is 1.23. The van der Waals surface area contributed by atoms with E-state index < -0.39 is 0 Å². The zero-order chi connectivity index (χ0) is 13.1. The number of hydrogen-bond donors (Lipinski definition) is 1. The van der Waals surface area contributed by atoms with Crippen molar-refractivity contribution in [3.8, 4) is 11.5 Å². The molecule has 2 unspecified atom stereocenters. The van der Waals surface area contributed by atoms with Crippen LogP contribution in [0.15, 0.2) is 18.2 Å². The quantitative estimate of drug-likeness (QED) is 0.906. The second-order valence-corrected chi connectivity index (χ2v) is 5.23. The Kier molecular flexibility index (Phi) is 3.89. The van der Waals surface area contributed by atoms with Gasteiger partial charge >= 0.3 is 0 Å². The summed E-state index contributed by atoms with van der Waals surface area (Å²) in [6, 6.07) is 6.59. The fourth-order valence-electron chi connectivity index (χ4n) is 2.91. The third-order valence-corrected chi connectivity index (χ3v) is 4.01. The second kappa shape index (κ2) is 5.80. The van der Waals surface area contributed by atoms with Crippen molar-refractivity contribution in [3.63, 3.8) is 0 Å². The summed E-state index contributed by atoms with van der Waals surface area (Å²) in [7, 11) is 1.81. The van der Waals surface area contributed by atoms with E-state index in [-0.39, 0.29) is 0 Å². The second-order valence-electron chi connectivity index (χ2n) is 5.23. The lowest BCUT2D eigenvalue weighted by molar-refractivity contribution is 0.0413. The largest absolute Gasteiger partial charge is 0.454 e. The molecule has 4 heteroatoms. The van der Waals surface area contributed by atoms with Crippen molar-refractivity contribution in [1.82, 2.24) is 5.32 Å². The Balaban J connectivity index is 1.59. The Labute approximate surface area is 114 Å². The molecule has 1 aromatic carbocycles. The minimum absolute atomic E-state index is 0.334. The molecule has 1 aromatic rings. The van der Waals surface area contributed by atoms with E-state index in [1.807, 2.05) is 13.2 Å². The summed E-state index contributed by atoms with van der Waals surface area (Å²) in [5.74, 6) is 1.70. The molecule has 1 heterocycles. The lowest BCUT2D eigenvalue weighted by Crippen LogP contribution is -2.42. The van der Waals surface area contributed by atoms with E-state index in [2.05, 4.69) is 17.4 Å². The van der Waals surface area contributed by atoms with E-state index in [0.717, 1.165) is 24.5 Å². The highest BCUT2D eigenvalue weighted by Crippen LogP contribution is 2.32. The molecule has 3 rings (SSSR count). The number of fused-ring (bicyclic) bond motifs is 1. The van der Waals surface area contributed by atoms with Crippen LogP contribution in [0.5, 0.6) is 11.5 Å². The van der Waals surface area contributed by atoms with E-state index in [9.17, 15) is 0 Å². The van der Waals surface area contributed by atoms with Crippen molar-refractivity contribution in [1.29, 1.82) is 0 Å². The summed E-state index contributed by atoms with van der Waals surface area (Å²) in [4.78, 5) is 0. The van der Waals surface area contributed by atoms with Gasteiger partial charge in [0.1, 0.15) is 0 Å². The van der Waals surface area contributed by atoms with E-state index in [4.69, 9.17) is 14.2 Å². The molecular weight excluding hydrogens is 242 g/mol. The van der Waals surface area contributed by atoms with Crippen molar-refractivity contribution in [3.05, 3.63) is 23.8 Å². The summed E-state index contributed by atoms with van der Waals surface area (Å²) < 4.78 is 16.3. The minimum atomic E-state index is 0.334. The highest BCUT2D eigenvalue weighted by atomic mass is 16.7. The van der Waals surface area contributed by atoms with Gasteiger partial charge in [-0.3, -0.25) is 0 Å². The van der Waals surface area contributed by atoms with Crippen LogP contribution in [0.25, 0.3) is 0 Å². The topological polar surface area (TPSA) is 39.7 Å². The van der Waals surface area contributed by atoms with Gasteiger partial charge in [0.05, 0.1) is 6.10 Å². The van der Waals surface area contributed by atoms with E-state index in [1.54, 1.807) is 0 Å². The average Bonchev–Trinajstić information content (AvgIpc) is 2.93. The first kappa shape index (κ1) is 12.8. The summed E-state index contributed by atoms with van der Waals surface area (Å²) in [6.45, 7) is 1.18. The van der Waals surface area contributed by atoms with Crippen LogP contribution in [-0.2, 0) is 11.3 Å². The molecule has 1 aliphatic heterocycles. The molecule has 1 fully saturated rings. The first-order valence-corrected chi connectivity index (χ1v) is 7.01. The van der Waals surface area contributed by atoms with Crippen molar-refractivity contribution >= 4 is 0 Å². The van der Waals surface area contributed by atoms with Gasteiger partial charge in [0.15, 0.2) is 11.5 Å². The third-order valence-electron chi connectivity index (χ3n) is 4.01. The smallest absolute Gasteiger partial charge is 0.231 e. The van der Waals surface area contributed by atoms with Gasteiger partial charge in [0.2, 0.25) is 6.79 Å². The van der Waals surface area contributed by atoms with Gasteiger partial charge in [0.25, 0.3) is 0 Å². The summed E-state index contributed by atoms with van der Waals surface area (Å²) in [5, 5.41) is 3.61. The van der Waals surface area contributed by atoms with Gasteiger partial charge in [-0.15, -0.1) is 0 Å². The molecule has 19 heavy (non-hydrogen) atoms. The monoisotopic (exact) mass is 263 g/mol. The normalized spacial score (nSPS) is 25.5. The van der Waals surface area contributed by atoms with Gasteiger partial charge < -0.3 is 19.5 Å². The standard InChI is InChI=1S/C15H21NO3/c1-17-13-5-3-2-4-12(13)16-9-11-6-7-14-15(8-11)19-10-18-14/h6-8,12-13,16H,2-5,9-10H2,1H3. The molecular formula is C15H21NO3. The van der Waals surface area contributed by atoms with E-state index >= 15 is 0 Å². The maximum absolute atomic E-state index is 5.56. The lowest BCUT2D eigenvalue weighted by atomic mass is 9.92. The average molecular weight is 263 g/mol. The summed E-state index contributed by atoms with van der Waals surface area (Å²) >= 11 is 0. The predicted molar refractivity (Wildman–Crippen MR) is 72.5 cm³/mol. The van der Waals surface area contributed by atoms with Gasteiger partial charge in [-0.25, -0.2) is 0 Å². The molecule has 0 amide bonds. The van der Waals surface area contributed by atoms with Crippen LogP contribution < -0.4 is 14.8 Å². The molecule has 2 atom stereocenters. The van der Waals surface area contributed by atoms with Gasteiger partial charge in [0, 0.05) is 19.7 Å². The van der Waals surface area contributed by atoms with Gasteiger partial charge in [-0.1, -0.05) is 18.9 Å². The minimum Gasteiger partial charge on any atom is -0.454 e. The number of rotatable bonds is 4. The fraction of sp³-hybridized carbons (Fsp3) is 0.600. The van der Waals surface area contributed by atoms with Crippen molar-refractivity contribution < 1.29 is 14.2 Å². The van der Waals surface area contributed by atoms with Crippen molar-refractivity contribution in [2.24, 2.45) is 0 Å². The molecule has 0 radical (unpaired) electrons. The Morgan fingerprint density at radius 1 is 1.21 bits per heavy atom. The van der Waals surface area contributed by atoms with Crippen LogP contribution in [-0.4, -0.2) is 26.0 Å². The SMILES string of the molecule is COC1CCCCC1NCc1ccc2c(c1)OCO2. The van der Waals surface area contributed by atoms with E-state index in [1.165, 1.54) is 24.8 Å². The maximum Gasteiger partial charge on any atom is 0.231 e. The maximum atomic E-state index is 5.56. The Morgan fingerprint density at radius 3 is 2.95 bits per heavy atom. The predicted octanol–water partition coefficient (Wildman–Crippen LogP) is 2.46. The molecule has 0 spiro atoms. The summed E-state index contributed by atoms with van der Waals surface area (Å²) in [6.07, 6.45) is 5.28. The lowest BCUT2D eigenvalue weighted by Gasteiger charge is -2.31. The first-order chi connectivity index (χ1) is 9.36. The van der Waals surface area contributed by atoms with Crippen molar-refractivity contribution in [2.45, 2.75) is 44.4 Å². The zero-order valence-electron chi connectivity index (χ0n) is 11.4. The molecule has 0 bridgehead atoms. The molecule has 0 saturated heterocycles. The highest BCUT2D eigenvalue weighted by Gasteiger charge is 2.24. The number of ether oxygens (including phenoxy) is 3. The Morgan fingerprint density at radius 2 is 2.05 bits per heavy atom. The van der Waals surface area contributed by atoms with Crippen LogP contribution in [0.4, 0.5) is 0 Å². The van der Waals surface area contributed by atoms with Gasteiger partial charge in [-0.2, -0.15) is 0 Å². The van der Waals surface area contributed by atoms with Crippen LogP contribution >= 0.6 is 0 Å². The molecule has 0 aromatic heterocycles. The molecule has 104 valence electrons. The number of benzene rings is 1. The van der Waals surface area contributed by atoms with Crippen LogP contribution in [0.2, 0.25) is 0 Å². The van der Waals surface area contributed by atoms with Crippen LogP contribution in [0.3, 0.4) is 0 Å². The third kappa shape index (κ3) is 2.85. The Bertz CT molecular complexity index is 435. The van der Waals surface area contributed by atoms with Crippen LogP contribution in [0, 0.1) is 0 Å². The fourth-order valence-corrected chi connectivity index (χ4v) is 2.91. The Hall–Kier alpha value is -1.26. The molecule has 4 nitrogen and oxygen atoms in total.